The molecule has 1 aromatic heterocycles. The Morgan fingerprint density at radius 2 is 2.12 bits per heavy atom. The number of thioether (sulfide) groups is 1. The van der Waals surface area contributed by atoms with Crippen molar-refractivity contribution in [1.29, 1.82) is 0 Å². The number of aromatic nitrogens is 1. The molecule has 1 heterocycles. The average Bonchev–Trinajstić information content (AvgIpc) is 3.08. The standard InChI is InChI=1S/C19H23N3OS/c1-24-16-9-8-15(11-16)22-19(23)17-6-2-3-7-18(17)21-13-14-5-4-10-20-12-14/h2-7,10,12,15-16,21H,8-9,11,13H2,1H3,(H,22,23)/t15-,16-/m0/s1. The number of benzene rings is 1. The van der Waals surface area contributed by atoms with Crippen LogP contribution < -0.4 is 10.6 Å². The van der Waals surface area contributed by atoms with Gasteiger partial charge in [0.15, 0.2) is 0 Å². The van der Waals surface area contributed by atoms with E-state index in [0.29, 0.717) is 23.4 Å². The van der Waals surface area contributed by atoms with Crippen molar-refractivity contribution in [3.8, 4) is 0 Å². The number of para-hydroxylation sites is 1. The summed E-state index contributed by atoms with van der Waals surface area (Å²) in [6.07, 6.45) is 9.06. The summed E-state index contributed by atoms with van der Waals surface area (Å²) in [6.45, 7) is 0.649. The van der Waals surface area contributed by atoms with E-state index in [0.717, 1.165) is 24.1 Å². The first-order valence-corrected chi connectivity index (χ1v) is 9.60. The van der Waals surface area contributed by atoms with E-state index in [9.17, 15) is 4.79 Å². The van der Waals surface area contributed by atoms with Gasteiger partial charge in [-0.2, -0.15) is 11.8 Å². The molecule has 0 unspecified atom stereocenters. The molecule has 1 saturated carbocycles. The molecule has 2 atom stereocenters. The number of nitrogens with zero attached hydrogens (tertiary/aromatic N) is 1. The molecule has 1 amide bonds. The number of pyridine rings is 1. The van der Waals surface area contributed by atoms with Gasteiger partial charge in [0.1, 0.15) is 0 Å². The molecule has 24 heavy (non-hydrogen) atoms. The van der Waals surface area contributed by atoms with Crippen LogP contribution in [0.2, 0.25) is 0 Å². The second-order valence-electron chi connectivity index (χ2n) is 6.10. The van der Waals surface area contributed by atoms with Gasteiger partial charge in [0, 0.05) is 35.9 Å². The quantitative estimate of drug-likeness (QED) is 0.841. The lowest BCUT2D eigenvalue weighted by atomic mass is 10.1. The summed E-state index contributed by atoms with van der Waals surface area (Å²) in [5.74, 6) is 0.0102. The summed E-state index contributed by atoms with van der Waals surface area (Å²) >= 11 is 1.90. The van der Waals surface area contributed by atoms with Gasteiger partial charge in [0.25, 0.3) is 5.91 Å². The molecule has 1 aliphatic rings. The zero-order valence-electron chi connectivity index (χ0n) is 13.9. The summed E-state index contributed by atoms with van der Waals surface area (Å²) < 4.78 is 0. The van der Waals surface area contributed by atoms with Crippen molar-refractivity contribution in [2.24, 2.45) is 0 Å². The lowest BCUT2D eigenvalue weighted by Gasteiger charge is -2.16. The highest BCUT2D eigenvalue weighted by atomic mass is 32.2. The fourth-order valence-corrected chi connectivity index (χ4v) is 3.88. The summed E-state index contributed by atoms with van der Waals surface area (Å²) in [6, 6.07) is 11.9. The molecule has 3 rings (SSSR count). The Labute approximate surface area is 147 Å². The Morgan fingerprint density at radius 3 is 2.88 bits per heavy atom. The van der Waals surface area contributed by atoms with Gasteiger partial charge in [-0.3, -0.25) is 9.78 Å². The third-order valence-corrected chi connectivity index (χ3v) is 5.53. The third-order valence-electron chi connectivity index (χ3n) is 4.43. The lowest BCUT2D eigenvalue weighted by molar-refractivity contribution is 0.0939. The largest absolute Gasteiger partial charge is 0.380 e. The molecule has 0 radical (unpaired) electrons. The summed E-state index contributed by atoms with van der Waals surface area (Å²) in [4.78, 5) is 16.8. The maximum absolute atomic E-state index is 12.7. The zero-order valence-corrected chi connectivity index (χ0v) is 14.7. The Hall–Kier alpha value is -2.01. The van der Waals surface area contributed by atoms with Crippen LogP contribution in [0.5, 0.6) is 0 Å². The number of anilines is 1. The summed E-state index contributed by atoms with van der Waals surface area (Å²) in [7, 11) is 0. The molecule has 0 spiro atoms. The van der Waals surface area contributed by atoms with Crippen molar-refractivity contribution < 1.29 is 4.79 Å². The molecular formula is C19H23N3OS. The van der Waals surface area contributed by atoms with E-state index in [1.54, 1.807) is 6.20 Å². The lowest BCUT2D eigenvalue weighted by Crippen LogP contribution is -2.33. The first-order valence-electron chi connectivity index (χ1n) is 8.31. The van der Waals surface area contributed by atoms with E-state index in [-0.39, 0.29) is 5.91 Å². The molecule has 2 aromatic rings. The molecule has 4 nitrogen and oxygen atoms in total. The molecule has 0 aliphatic heterocycles. The average molecular weight is 341 g/mol. The predicted octanol–water partition coefficient (Wildman–Crippen LogP) is 3.71. The smallest absolute Gasteiger partial charge is 0.253 e. The van der Waals surface area contributed by atoms with E-state index in [2.05, 4.69) is 21.9 Å². The molecule has 1 fully saturated rings. The van der Waals surface area contributed by atoms with Crippen molar-refractivity contribution in [2.45, 2.75) is 37.1 Å². The van der Waals surface area contributed by atoms with Crippen molar-refractivity contribution in [3.63, 3.8) is 0 Å². The van der Waals surface area contributed by atoms with Crippen LogP contribution in [-0.2, 0) is 6.54 Å². The molecular weight excluding hydrogens is 318 g/mol. The van der Waals surface area contributed by atoms with Gasteiger partial charge in [-0.1, -0.05) is 18.2 Å². The minimum absolute atomic E-state index is 0.0102. The van der Waals surface area contributed by atoms with Crippen molar-refractivity contribution >= 4 is 23.4 Å². The van der Waals surface area contributed by atoms with E-state index < -0.39 is 0 Å². The number of amides is 1. The number of carbonyl (C=O) groups is 1. The number of hydrogen-bond acceptors (Lipinski definition) is 4. The molecule has 1 aromatic carbocycles. The van der Waals surface area contributed by atoms with Crippen molar-refractivity contribution in [2.75, 3.05) is 11.6 Å². The number of nitrogens with one attached hydrogen (secondary N) is 2. The topological polar surface area (TPSA) is 54.0 Å². The predicted molar refractivity (Wildman–Crippen MR) is 100 cm³/mol. The van der Waals surface area contributed by atoms with Crippen LogP contribution in [0.25, 0.3) is 0 Å². The van der Waals surface area contributed by atoms with Crippen LogP contribution in [0.15, 0.2) is 48.8 Å². The molecule has 126 valence electrons. The van der Waals surface area contributed by atoms with E-state index in [1.807, 2.05) is 54.4 Å². The fraction of sp³-hybridized carbons (Fsp3) is 0.368. The van der Waals surface area contributed by atoms with Crippen LogP contribution in [0, 0.1) is 0 Å². The highest BCUT2D eigenvalue weighted by molar-refractivity contribution is 7.99. The molecule has 2 N–H and O–H groups in total. The highest BCUT2D eigenvalue weighted by Crippen LogP contribution is 2.28. The zero-order chi connectivity index (χ0) is 16.8. The molecule has 0 saturated heterocycles. The number of carbonyl (C=O) groups excluding carboxylic acids is 1. The molecule has 0 bridgehead atoms. The number of hydrogen-bond donors (Lipinski definition) is 2. The fourth-order valence-electron chi connectivity index (χ4n) is 3.08. The second-order valence-corrected chi connectivity index (χ2v) is 7.24. The Balaban J connectivity index is 1.64. The normalized spacial score (nSPS) is 19.9. The highest BCUT2D eigenvalue weighted by Gasteiger charge is 2.25. The van der Waals surface area contributed by atoms with Gasteiger partial charge in [0.2, 0.25) is 0 Å². The Bertz CT molecular complexity index is 677. The summed E-state index contributed by atoms with van der Waals surface area (Å²) in [5, 5.41) is 7.22. The monoisotopic (exact) mass is 341 g/mol. The second kappa shape index (κ2) is 8.20. The van der Waals surface area contributed by atoms with E-state index in [4.69, 9.17) is 0 Å². The van der Waals surface area contributed by atoms with E-state index in [1.165, 1.54) is 6.42 Å². The minimum atomic E-state index is 0.0102. The first kappa shape index (κ1) is 16.8. The van der Waals surface area contributed by atoms with Gasteiger partial charge in [0.05, 0.1) is 5.56 Å². The molecule has 5 heteroatoms. The third kappa shape index (κ3) is 4.29. The first-order chi connectivity index (χ1) is 11.8. The van der Waals surface area contributed by atoms with Crippen LogP contribution >= 0.6 is 11.8 Å². The van der Waals surface area contributed by atoms with Crippen LogP contribution in [0.3, 0.4) is 0 Å². The van der Waals surface area contributed by atoms with Gasteiger partial charge in [-0.25, -0.2) is 0 Å². The Morgan fingerprint density at radius 1 is 1.25 bits per heavy atom. The van der Waals surface area contributed by atoms with Gasteiger partial charge in [-0.15, -0.1) is 0 Å². The van der Waals surface area contributed by atoms with Gasteiger partial charge < -0.3 is 10.6 Å². The maximum atomic E-state index is 12.7. The van der Waals surface area contributed by atoms with Crippen LogP contribution in [0.4, 0.5) is 5.69 Å². The summed E-state index contributed by atoms with van der Waals surface area (Å²) in [5.41, 5.74) is 2.65. The maximum Gasteiger partial charge on any atom is 0.253 e. The van der Waals surface area contributed by atoms with Crippen LogP contribution in [-0.4, -0.2) is 28.4 Å². The SMILES string of the molecule is CS[C@H]1CC[C@H](NC(=O)c2ccccc2NCc2cccnc2)C1. The number of rotatable bonds is 6. The minimum Gasteiger partial charge on any atom is -0.380 e. The Kier molecular flexibility index (Phi) is 5.75. The van der Waals surface area contributed by atoms with Gasteiger partial charge in [-0.05, 0) is 49.3 Å². The van der Waals surface area contributed by atoms with E-state index >= 15 is 0 Å². The van der Waals surface area contributed by atoms with Gasteiger partial charge >= 0.3 is 0 Å². The van der Waals surface area contributed by atoms with Crippen molar-refractivity contribution in [1.82, 2.24) is 10.3 Å². The molecule has 1 aliphatic carbocycles. The van der Waals surface area contributed by atoms with Crippen molar-refractivity contribution in [3.05, 3.63) is 59.9 Å². The van der Waals surface area contributed by atoms with Crippen LogP contribution in [0.1, 0.15) is 35.2 Å².